The average Bonchev–Trinajstić information content (AvgIpc) is 2.77. The van der Waals surface area contributed by atoms with Gasteiger partial charge in [-0.3, -0.25) is 4.79 Å². The summed E-state index contributed by atoms with van der Waals surface area (Å²) in [5, 5.41) is 3.03. The van der Waals surface area contributed by atoms with Crippen LogP contribution in [0.4, 0.5) is 5.82 Å². The van der Waals surface area contributed by atoms with Gasteiger partial charge in [-0.2, -0.15) is 0 Å². The van der Waals surface area contributed by atoms with Gasteiger partial charge in [-0.1, -0.05) is 0 Å². The van der Waals surface area contributed by atoms with Crippen molar-refractivity contribution in [1.82, 2.24) is 15.3 Å². The molecule has 3 rings (SSSR count). The van der Waals surface area contributed by atoms with Gasteiger partial charge in [0.05, 0.1) is 21.3 Å². The number of anilines is 1. The van der Waals surface area contributed by atoms with Crippen molar-refractivity contribution in [2.24, 2.45) is 5.92 Å². The molecule has 1 saturated heterocycles. The Balaban J connectivity index is 1.53. The summed E-state index contributed by atoms with van der Waals surface area (Å²) in [7, 11) is 4.80. The van der Waals surface area contributed by atoms with Crippen LogP contribution in [-0.4, -0.2) is 50.3 Å². The molecule has 0 unspecified atom stereocenters. The molecule has 0 aliphatic carbocycles. The Bertz CT molecular complexity index is 807. The molecule has 0 radical (unpaired) electrons. The monoisotopic (exact) mass is 386 g/mol. The second-order valence-corrected chi connectivity index (χ2v) is 6.58. The minimum Gasteiger partial charge on any atom is -0.497 e. The van der Waals surface area contributed by atoms with Crippen LogP contribution >= 0.6 is 0 Å². The Labute approximate surface area is 164 Å². The summed E-state index contributed by atoms with van der Waals surface area (Å²) in [5.41, 5.74) is 0.919. The van der Waals surface area contributed by atoms with Crippen LogP contribution in [0.15, 0.2) is 30.6 Å². The number of piperidine rings is 1. The molecule has 2 heterocycles. The maximum atomic E-state index is 12.6. The van der Waals surface area contributed by atoms with Gasteiger partial charge in [-0.05, 0) is 25.0 Å². The summed E-state index contributed by atoms with van der Waals surface area (Å²) in [4.78, 5) is 23.1. The van der Waals surface area contributed by atoms with Crippen LogP contribution in [0.3, 0.4) is 0 Å². The van der Waals surface area contributed by atoms with Crippen molar-refractivity contribution in [3.8, 4) is 17.4 Å². The number of aromatic nitrogens is 2. The first kappa shape index (κ1) is 19.7. The molecule has 1 amide bonds. The van der Waals surface area contributed by atoms with E-state index in [0.717, 1.165) is 43.1 Å². The summed E-state index contributed by atoms with van der Waals surface area (Å²) in [6.45, 7) is 1.96. The lowest BCUT2D eigenvalue weighted by atomic mass is 9.96. The largest absolute Gasteiger partial charge is 0.497 e. The number of amides is 1. The molecule has 1 aliphatic rings. The number of nitrogens with one attached hydrogen (secondary N) is 1. The number of carbonyl (C=O) groups is 1. The smallest absolute Gasteiger partial charge is 0.223 e. The second kappa shape index (κ2) is 9.25. The number of hydrogen-bond donors (Lipinski definition) is 1. The third-order valence-corrected chi connectivity index (χ3v) is 4.97. The van der Waals surface area contributed by atoms with E-state index in [4.69, 9.17) is 14.2 Å². The molecule has 150 valence electrons. The molecule has 8 heteroatoms. The Morgan fingerprint density at radius 1 is 1.11 bits per heavy atom. The van der Waals surface area contributed by atoms with Crippen LogP contribution in [0.2, 0.25) is 0 Å². The molecule has 1 aromatic heterocycles. The highest BCUT2D eigenvalue weighted by Crippen LogP contribution is 2.26. The van der Waals surface area contributed by atoms with Crippen molar-refractivity contribution >= 4 is 11.7 Å². The van der Waals surface area contributed by atoms with Crippen molar-refractivity contribution in [1.29, 1.82) is 0 Å². The van der Waals surface area contributed by atoms with E-state index >= 15 is 0 Å². The standard InChI is InChI=1S/C20H26N4O4/c1-26-16-5-4-15(17(10-16)27-2)12-21-20(25)14-6-8-24(9-7-14)18-11-19(28-3)23-13-22-18/h4-5,10-11,13-14H,6-9,12H2,1-3H3,(H,21,25). The van der Waals surface area contributed by atoms with Gasteiger partial charge in [-0.15, -0.1) is 0 Å². The van der Waals surface area contributed by atoms with Crippen molar-refractivity contribution < 1.29 is 19.0 Å². The van der Waals surface area contributed by atoms with Crippen LogP contribution in [0, 0.1) is 5.92 Å². The van der Waals surface area contributed by atoms with Gasteiger partial charge in [0.25, 0.3) is 0 Å². The number of benzene rings is 1. The Kier molecular flexibility index (Phi) is 6.52. The molecule has 1 aromatic carbocycles. The van der Waals surface area contributed by atoms with Gasteiger partial charge in [-0.25, -0.2) is 9.97 Å². The lowest BCUT2D eigenvalue weighted by molar-refractivity contribution is -0.125. The van der Waals surface area contributed by atoms with Crippen molar-refractivity contribution in [3.05, 3.63) is 36.2 Å². The van der Waals surface area contributed by atoms with Gasteiger partial charge in [0, 0.05) is 43.2 Å². The predicted molar refractivity (Wildman–Crippen MR) is 105 cm³/mol. The van der Waals surface area contributed by atoms with Crippen LogP contribution in [0.25, 0.3) is 0 Å². The Morgan fingerprint density at radius 3 is 2.57 bits per heavy atom. The highest BCUT2D eigenvalue weighted by atomic mass is 16.5. The zero-order valence-electron chi connectivity index (χ0n) is 16.5. The van der Waals surface area contributed by atoms with Crippen LogP contribution < -0.4 is 24.4 Å². The predicted octanol–water partition coefficient (Wildman–Crippen LogP) is 2.04. The summed E-state index contributed by atoms with van der Waals surface area (Å²) >= 11 is 0. The molecule has 0 saturated carbocycles. The molecule has 1 N–H and O–H groups in total. The molecule has 1 aliphatic heterocycles. The first-order chi connectivity index (χ1) is 13.6. The lowest BCUT2D eigenvalue weighted by Gasteiger charge is -2.32. The van der Waals surface area contributed by atoms with Gasteiger partial charge in [0.15, 0.2) is 0 Å². The first-order valence-corrected chi connectivity index (χ1v) is 9.24. The fourth-order valence-electron chi connectivity index (χ4n) is 3.31. The van der Waals surface area contributed by atoms with E-state index in [1.54, 1.807) is 21.3 Å². The zero-order valence-corrected chi connectivity index (χ0v) is 16.5. The van der Waals surface area contributed by atoms with Crippen molar-refractivity contribution in [2.75, 3.05) is 39.3 Å². The first-order valence-electron chi connectivity index (χ1n) is 9.24. The fraction of sp³-hybridized carbons (Fsp3) is 0.450. The molecular weight excluding hydrogens is 360 g/mol. The molecule has 0 bridgehead atoms. The van der Waals surface area contributed by atoms with Gasteiger partial charge in [0.2, 0.25) is 11.8 Å². The molecule has 1 fully saturated rings. The van der Waals surface area contributed by atoms with Gasteiger partial charge in [0.1, 0.15) is 23.6 Å². The van der Waals surface area contributed by atoms with Gasteiger partial charge < -0.3 is 24.4 Å². The minimum absolute atomic E-state index is 0.00998. The molecule has 0 atom stereocenters. The van der Waals surface area contributed by atoms with E-state index in [-0.39, 0.29) is 11.8 Å². The quantitative estimate of drug-likeness (QED) is 0.779. The number of carbonyl (C=O) groups excluding carboxylic acids is 1. The van der Waals surface area contributed by atoms with E-state index < -0.39 is 0 Å². The second-order valence-electron chi connectivity index (χ2n) is 6.58. The van der Waals surface area contributed by atoms with Gasteiger partial charge >= 0.3 is 0 Å². The Hall–Kier alpha value is -3.03. The fourth-order valence-corrected chi connectivity index (χ4v) is 3.31. The topological polar surface area (TPSA) is 85.8 Å². The average molecular weight is 386 g/mol. The molecule has 28 heavy (non-hydrogen) atoms. The minimum atomic E-state index is -0.00998. The maximum Gasteiger partial charge on any atom is 0.223 e. The summed E-state index contributed by atoms with van der Waals surface area (Å²) in [5.74, 6) is 2.85. The number of methoxy groups -OCH3 is 3. The number of ether oxygens (including phenoxy) is 3. The van der Waals surface area contributed by atoms with E-state index in [2.05, 4.69) is 20.2 Å². The van der Waals surface area contributed by atoms with E-state index in [1.165, 1.54) is 6.33 Å². The number of rotatable bonds is 7. The third kappa shape index (κ3) is 4.62. The number of hydrogen-bond acceptors (Lipinski definition) is 7. The summed E-state index contributed by atoms with van der Waals surface area (Å²) in [6, 6.07) is 7.40. The highest BCUT2D eigenvalue weighted by Gasteiger charge is 2.26. The molecule has 0 spiro atoms. The van der Waals surface area contributed by atoms with Crippen LogP contribution in [-0.2, 0) is 11.3 Å². The Morgan fingerprint density at radius 2 is 1.89 bits per heavy atom. The normalized spacial score (nSPS) is 14.5. The summed E-state index contributed by atoms with van der Waals surface area (Å²) in [6.07, 6.45) is 3.05. The van der Waals surface area contributed by atoms with E-state index in [1.807, 2.05) is 24.3 Å². The lowest BCUT2D eigenvalue weighted by Crippen LogP contribution is -2.40. The molecular formula is C20H26N4O4. The van der Waals surface area contributed by atoms with E-state index in [9.17, 15) is 4.79 Å². The van der Waals surface area contributed by atoms with Crippen LogP contribution in [0.5, 0.6) is 17.4 Å². The molecule has 2 aromatic rings. The third-order valence-electron chi connectivity index (χ3n) is 4.97. The maximum absolute atomic E-state index is 12.6. The van der Waals surface area contributed by atoms with Crippen molar-refractivity contribution in [2.45, 2.75) is 19.4 Å². The summed E-state index contributed by atoms with van der Waals surface area (Å²) < 4.78 is 15.7. The number of nitrogens with zero attached hydrogens (tertiary/aromatic N) is 3. The highest BCUT2D eigenvalue weighted by molar-refractivity contribution is 5.79. The van der Waals surface area contributed by atoms with Crippen molar-refractivity contribution in [3.63, 3.8) is 0 Å². The van der Waals surface area contributed by atoms with E-state index in [0.29, 0.717) is 18.2 Å². The SMILES string of the molecule is COc1ccc(CNC(=O)C2CCN(c3cc(OC)ncn3)CC2)c(OC)c1. The molecule has 8 nitrogen and oxygen atoms in total. The zero-order chi connectivity index (χ0) is 19.9. The van der Waals surface area contributed by atoms with Crippen LogP contribution in [0.1, 0.15) is 18.4 Å².